The van der Waals surface area contributed by atoms with Crippen molar-refractivity contribution in [2.24, 2.45) is 23.2 Å². The number of carbonyl (C=O) groups is 2. The van der Waals surface area contributed by atoms with E-state index in [0.717, 1.165) is 37.0 Å². The van der Waals surface area contributed by atoms with Gasteiger partial charge in [0.15, 0.2) is 6.61 Å². The van der Waals surface area contributed by atoms with Crippen LogP contribution >= 0.6 is 0 Å². The van der Waals surface area contributed by atoms with E-state index in [1.165, 1.54) is 44.6 Å². The molecule has 156 valence electrons. The van der Waals surface area contributed by atoms with Crippen molar-refractivity contribution in [1.29, 1.82) is 0 Å². The number of non-ortho nitro benzene ring substituents is 1. The number of methoxy groups -OCH3 is 1. The maximum absolute atomic E-state index is 12.4. The smallest absolute Gasteiger partial charge is 0.306 e. The van der Waals surface area contributed by atoms with E-state index in [1.807, 2.05) is 0 Å². The third-order valence-electron chi connectivity index (χ3n) is 6.72. The molecule has 4 bridgehead atoms. The number of hydrogen-bond donors (Lipinski definition) is 1. The topological polar surface area (TPSA) is 108 Å². The van der Waals surface area contributed by atoms with Gasteiger partial charge in [0.2, 0.25) is 0 Å². The van der Waals surface area contributed by atoms with Crippen LogP contribution in [0.5, 0.6) is 5.75 Å². The molecular formula is C21H26N2O6. The van der Waals surface area contributed by atoms with E-state index in [4.69, 9.17) is 9.47 Å². The Bertz CT molecular complexity index is 801. The molecule has 0 heterocycles. The number of amides is 1. The van der Waals surface area contributed by atoms with Crippen molar-refractivity contribution in [2.45, 2.75) is 44.9 Å². The highest BCUT2D eigenvalue weighted by atomic mass is 16.6. The first-order chi connectivity index (χ1) is 13.9. The maximum Gasteiger partial charge on any atom is 0.306 e. The van der Waals surface area contributed by atoms with Gasteiger partial charge < -0.3 is 14.8 Å². The lowest BCUT2D eigenvalue weighted by Crippen LogP contribution is -2.47. The summed E-state index contributed by atoms with van der Waals surface area (Å²) in [5.41, 5.74) is 0.0646. The number of anilines is 1. The average Bonchev–Trinajstić information content (AvgIpc) is 2.65. The monoisotopic (exact) mass is 402 g/mol. The zero-order valence-electron chi connectivity index (χ0n) is 16.5. The third-order valence-corrected chi connectivity index (χ3v) is 6.72. The van der Waals surface area contributed by atoms with Gasteiger partial charge in [0.05, 0.1) is 24.1 Å². The van der Waals surface area contributed by atoms with Crippen molar-refractivity contribution in [3.63, 3.8) is 0 Å². The Kier molecular flexibility index (Phi) is 5.19. The molecule has 0 spiro atoms. The predicted molar refractivity (Wildman–Crippen MR) is 104 cm³/mol. The molecule has 0 unspecified atom stereocenters. The van der Waals surface area contributed by atoms with Crippen molar-refractivity contribution < 1.29 is 24.0 Å². The standard InChI is InChI=1S/C21H26N2O6/c1-28-18-3-2-16(23(26)27)7-17(18)22-19(24)12-29-20(25)11-21-8-13-4-14(9-21)6-15(5-13)10-21/h2-3,7,13-15H,4-6,8-12H2,1H3,(H,22,24). The van der Waals surface area contributed by atoms with Gasteiger partial charge in [-0.25, -0.2) is 0 Å². The summed E-state index contributed by atoms with van der Waals surface area (Å²) in [4.78, 5) is 35.0. The van der Waals surface area contributed by atoms with Crippen molar-refractivity contribution in [3.05, 3.63) is 28.3 Å². The number of esters is 1. The van der Waals surface area contributed by atoms with Gasteiger partial charge in [-0.3, -0.25) is 19.7 Å². The van der Waals surface area contributed by atoms with Crippen molar-refractivity contribution >= 4 is 23.3 Å². The number of nitro groups is 1. The quantitative estimate of drug-likeness (QED) is 0.423. The molecule has 4 aliphatic rings. The maximum atomic E-state index is 12.4. The number of nitro benzene ring substituents is 1. The summed E-state index contributed by atoms with van der Waals surface area (Å²) in [5, 5.41) is 13.5. The van der Waals surface area contributed by atoms with Crippen LogP contribution in [-0.2, 0) is 14.3 Å². The number of benzene rings is 1. The number of nitrogens with zero attached hydrogens (tertiary/aromatic N) is 1. The van der Waals surface area contributed by atoms with Gasteiger partial charge >= 0.3 is 5.97 Å². The Hall–Kier alpha value is -2.64. The molecule has 4 saturated carbocycles. The second-order valence-electron chi connectivity index (χ2n) is 8.94. The summed E-state index contributed by atoms with van der Waals surface area (Å²) >= 11 is 0. The van der Waals surface area contributed by atoms with E-state index < -0.39 is 17.4 Å². The van der Waals surface area contributed by atoms with Crippen LogP contribution in [-0.4, -0.2) is 30.5 Å². The summed E-state index contributed by atoms with van der Waals surface area (Å²) in [6.45, 7) is -0.420. The minimum absolute atomic E-state index is 0.0611. The summed E-state index contributed by atoms with van der Waals surface area (Å²) in [5.74, 6) is 1.65. The molecule has 8 nitrogen and oxygen atoms in total. The van der Waals surface area contributed by atoms with Crippen LogP contribution in [0, 0.1) is 33.3 Å². The zero-order valence-corrected chi connectivity index (χ0v) is 16.5. The lowest BCUT2D eigenvalue weighted by Gasteiger charge is -2.56. The highest BCUT2D eigenvalue weighted by Crippen LogP contribution is 2.61. The molecule has 4 aliphatic carbocycles. The van der Waals surface area contributed by atoms with Gasteiger partial charge in [0, 0.05) is 12.1 Å². The number of ether oxygens (including phenoxy) is 2. The second-order valence-corrected chi connectivity index (χ2v) is 8.94. The van der Waals surface area contributed by atoms with Gasteiger partial charge in [0.1, 0.15) is 5.75 Å². The van der Waals surface area contributed by atoms with Gasteiger partial charge in [-0.1, -0.05) is 0 Å². The van der Waals surface area contributed by atoms with Crippen LogP contribution in [0.1, 0.15) is 44.9 Å². The first-order valence-corrected chi connectivity index (χ1v) is 10.1. The molecule has 1 aromatic carbocycles. The van der Waals surface area contributed by atoms with Gasteiger partial charge in [-0.2, -0.15) is 0 Å². The number of nitrogens with one attached hydrogen (secondary N) is 1. The lowest BCUT2D eigenvalue weighted by molar-refractivity contribution is -0.384. The Morgan fingerprint density at radius 3 is 2.34 bits per heavy atom. The van der Waals surface area contributed by atoms with Crippen molar-refractivity contribution in [3.8, 4) is 5.75 Å². The first-order valence-electron chi connectivity index (χ1n) is 10.1. The van der Waals surface area contributed by atoms with E-state index in [0.29, 0.717) is 12.2 Å². The van der Waals surface area contributed by atoms with Crippen LogP contribution in [0.25, 0.3) is 0 Å². The fraction of sp³-hybridized carbons (Fsp3) is 0.619. The zero-order chi connectivity index (χ0) is 20.6. The SMILES string of the molecule is COc1ccc([N+](=O)[O-])cc1NC(=O)COC(=O)CC12CC3CC(CC(C3)C1)C2. The Labute approximate surface area is 169 Å². The van der Waals surface area contributed by atoms with Crippen molar-refractivity contribution in [1.82, 2.24) is 0 Å². The molecule has 1 amide bonds. The predicted octanol–water partition coefficient (Wildman–Crippen LogP) is 3.69. The summed E-state index contributed by atoms with van der Waals surface area (Å²) < 4.78 is 10.4. The van der Waals surface area contributed by atoms with E-state index in [-0.39, 0.29) is 22.8 Å². The van der Waals surface area contributed by atoms with E-state index in [9.17, 15) is 19.7 Å². The fourth-order valence-corrected chi connectivity index (χ4v) is 6.10. The molecule has 0 aromatic heterocycles. The molecular weight excluding hydrogens is 376 g/mol. The number of hydrogen-bond acceptors (Lipinski definition) is 6. The van der Waals surface area contributed by atoms with Crippen molar-refractivity contribution in [2.75, 3.05) is 19.0 Å². The molecule has 1 N–H and O–H groups in total. The molecule has 5 rings (SSSR count). The molecule has 0 saturated heterocycles. The lowest BCUT2D eigenvalue weighted by atomic mass is 9.49. The molecule has 0 aliphatic heterocycles. The molecule has 4 fully saturated rings. The Morgan fingerprint density at radius 1 is 1.17 bits per heavy atom. The molecule has 0 atom stereocenters. The normalized spacial score (nSPS) is 29.3. The average molecular weight is 402 g/mol. The molecule has 1 aromatic rings. The molecule has 29 heavy (non-hydrogen) atoms. The summed E-state index contributed by atoms with van der Waals surface area (Å²) in [6.07, 6.45) is 7.61. The van der Waals surface area contributed by atoms with Gasteiger partial charge in [-0.05, 0) is 67.8 Å². The highest BCUT2D eigenvalue weighted by Gasteiger charge is 2.51. The minimum Gasteiger partial charge on any atom is -0.495 e. The number of carbonyl (C=O) groups excluding carboxylic acids is 2. The molecule has 8 heteroatoms. The van der Waals surface area contributed by atoms with Crippen LogP contribution < -0.4 is 10.1 Å². The fourth-order valence-electron chi connectivity index (χ4n) is 6.10. The number of rotatable bonds is 7. The summed E-state index contributed by atoms with van der Waals surface area (Å²) in [7, 11) is 1.41. The highest BCUT2D eigenvalue weighted by molar-refractivity contribution is 5.94. The third kappa shape index (κ3) is 4.21. The Morgan fingerprint density at radius 2 is 1.79 bits per heavy atom. The van der Waals surface area contributed by atoms with E-state index in [2.05, 4.69) is 5.32 Å². The Balaban J connectivity index is 1.31. The molecule has 0 radical (unpaired) electrons. The first kappa shape index (κ1) is 19.7. The minimum atomic E-state index is -0.555. The van der Waals surface area contributed by atoms with E-state index in [1.54, 1.807) is 0 Å². The van der Waals surface area contributed by atoms with Crippen LogP contribution in [0.15, 0.2) is 18.2 Å². The van der Waals surface area contributed by atoms with Crippen LogP contribution in [0.2, 0.25) is 0 Å². The van der Waals surface area contributed by atoms with Gasteiger partial charge in [0.25, 0.3) is 11.6 Å². The summed E-state index contributed by atoms with van der Waals surface area (Å²) in [6, 6.07) is 3.92. The van der Waals surface area contributed by atoms with Crippen LogP contribution in [0.3, 0.4) is 0 Å². The van der Waals surface area contributed by atoms with Crippen LogP contribution in [0.4, 0.5) is 11.4 Å². The second kappa shape index (κ2) is 7.65. The van der Waals surface area contributed by atoms with Gasteiger partial charge in [-0.15, -0.1) is 0 Å². The van der Waals surface area contributed by atoms with E-state index >= 15 is 0 Å². The largest absolute Gasteiger partial charge is 0.495 e.